The number of ether oxygens (including phenoxy) is 2. The van der Waals surface area contributed by atoms with Crippen LogP contribution in [-0.4, -0.2) is 62.0 Å². The van der Waals surface area contributed by atoms with E-state index in [1.54, 1.807) is 42.5 Å². The van der Waals surface area contributed by atoms with E-state index >= 15 is 0 Å². The van der Waals surface area contributed by atoms with Gasteiger partial charge in [0.2, 0.25) is 0 Å². The van der Waals surface area contributed by atoms with E-state index in [-0.39, 0.29) is 30.9 Å². The molecule has 0 unspecified atom stereocenters. The number of amides is 3. The average Bonchev–Trinajstić information content (AvgIpc) is 2.86. The predicted octanol–water partition coefficient (Wildman–Crippen LogP) is 2.64. The number of benzene rings is 2. The number of nitrogens with one attached hydrogen (secondary N) is 2. The van der Waals surface area contributed by atoms with Crippen molar-refractivity contribution in [1.29, 1.82) is 0 Å². The van der Waals surface area contributed by atoms with E-state index in [0.29, 0.717) is 35.8 Å². The summed E-state index contributed by atoms with van der Waals surface area (Å²) in [5, 5.41) is 5.54. The number of hydrogen-bond acceptors (Lipinski definition) is 5. The second-order valence-electron chi connectivity index (χ2n) is 7.70. The molecule has 2 aromatic carbocycles. The second kappa shape index (κ2) is 12.5. The Kier molecular flexibility index (Phi) is 9.11. The molecule has 0 atom stereocenters. The van der Waals surface area contributed by atoms with E-state index in [4.69, 9.17) is 9.47 Å². The fourth-order valence-corrected chi connectivity index (χ4v) is 3.56. The molecule has 0 saturated carbocycles. The molecule has 1 aliphatic heterocycles. The monoisotopic (exact) mass is 453 g/mol. The fraction of sp³-hybridized carbons (Fsp3) is 0.400. The molecule has 0 spiro atoms. The molecule has 0 bridgehead atoms. The molecule has 3 rings (SSSR count). The molecular weight excluding hydrogens is 422 g/mol. The highest BCUT2D eigenvalue weighted by Crippen LogP contribution is 2.28. The van der Waals surface area contributed by atoms with Gasteiger partial charge < -0.3 is 25.0 Å². The molecule has 8 heteroatoms. The molecule has 0 aliphatic carbocycles. The van der Waals surface area contributed by atoms with Gasteiger partial charge in [-0.05, 0) is 56.5 Å². The Morgan fingerprint density at radius 1 is 0.818 bits per heavy atom. The summed E-state index contributed by atoms with van der Waals surface area (Å²) in [6.07, 6.45) is 3.20. The van der Waals surface area contributed by atoms with Gasteiger partial charge in [-0.1, -0.05) is 18.2 Å². The van der Waals surface area contributed by atoms with Crippen LogP contribution in [0.3, 0.4) is 0 Å². The summed E-state index contributed by atoms with van der Waals surface area (Å²) in [5.74, 6) is 0.310. The lowest BCUT2D eigenvalue weighted by Crippen LogP contribution is -2.38. The number of likely N-dealkylation sites (tertiary alicyclic amines) is 1. The number of piperidine rings is 1. The predicted molar refractivity (Wildman–Crippen MR) is 125 cm³/mol. The van der Waals surface area contributed by atoms with Crippen molar-refractivity contribution in [2.45, 2.75) is 26.2 Å². The molecule has 176 valence electrons. The molecule has 0 radical (unpaired) electrons. The average molecular weight is 454 g/mol. The van der Waals surface area contributed by atoms with Crippen LogP contribution in [0.2, 0.25) is 0 Å². The van der Waals surface area contributed by atoms with Crippen LogP contribution in [0.1, 0.15) is 46.9 Å². The molecule has 2 N–H and O–H groups in total. The van der Waals surface area contributed by atoms with Crippen LogP contribution in [0, 0.1) is 0 Å². The maximum Gasteiger partial charge on any atom is 0.260 e. The summed E-state index contributed by atoms with van der Waals surface area (Å²) < 4.78 is 11.3. The van der Waals surface area contributed by atoms with E-state index in [0.717, 1.165) is 32.4 Å². The van der Waals surface area contributed by atoms with Gasteiger partial charge in [0.25, 0.3) is 17.7 Å². The first-order chi connectivity index (χ1) is 16.1. The van der Waals surface area contributed by atoms with Gasteiger partial charge in [-0.15, -0.1) is 0 Å². The quantitative estimate of drug-likeness (QED) is 0.539. The van der Waals surface area contributed by atoms with Crippen LogP contribution in [0.4, 0.5) is 0 Å². The van der Waals surface area contributed by atoms with Crippen molar-refractivity contribution in [2.24, 2.45) is 0 Å². The van der Waals surface area contributed by atoms with Crippen molar-refractivity contribution in [2.75, 3.05) is 39.4 Å². The lowest BCUT2D eigenvalue weighted by atomic mass is 10.1. The molecule has 1 saturated heterocycles. The van der Waals surface area contributed by atoms with E-state index < -0.39 is 0 Å². The molecule has 33 heavy (non-hydrogen) atoms. The van der Waals surface area contributed by atoms with Gasteiger partial charge >= 0.3 is 0 Å². The van der Waals surface area contributed by atoms with Gasteiger partial charge in [0.05, 0.1) is 6.61 Å². The third kappa shape index (κ3) is 7.24. The Balaban J connectivity index is 1.50. The highest BCUT2D eigenvalue weighted by atomic mass is 16.5. The zero-order valence-electron chi connectivity index (χ0n) is 19.0. The maximum absolute atomic E-state index is 12.5. The summed E-state index contributed by atoms with van der Waals surface area (Å²) in [4.78, 5) is 38.8. The van der Waals surface area contributed by atoms with E-state index in [1.165, 1.54) is 0 Å². The highest BCUT2D eigenvalue weighted by molar-refractivity contribution is 5.95. The number of hydrogen-bond donors (Lipinski definition) is 2. The summed E-state index contributed by atoms with van der Waals surface area (Å²) in [6.45, 7) is 4.29. The first-order valence-electron chi connectivity index (χ1n) is 11.4. The smallest absolute Gasteiger partial charge is 0.260 e. The van der Waals surface area contributed by atoms with Crippen molar-refractivity contribution < 1.29 is 23.9 Å². The molecule has 2 aromatic rings. The fourth-order valence-electron chi connectivity index (χ4n) is 3.56. The van der Waals surface area contributed by atoms with E-state index in [9.17, 15) is 14.4 Å². The van der Waals surface area contributed by atoms with Crippen LogP contribution in [-0.2, 0) is 4.79 Å². The minimum absolute atomic E-state index is 0.0449. The van der Waals surface area contributed by atoms with Gasteiger partial charge in [-0.25, -0.2) is 0 Å². The zero-order chi connectivity index (χ0) is 23.5. The summed E-state index contributed by atoms with van der Waals surface area (Å²) in [7, 11) is 0. The Morgan fingerprint density at radius 2 is 1.48 bits per heavy atom. The van der Waals surface area contributed by atoms with Crippen molar-refractivity contribution in [3.8, 4) is 11.5 Å². The minimum Gasteiger partial charge on any atom is -0.490 e. The Bertz CT molecular complexity index is 942. The normalized spacial score (nSPS) is 13.2. The van der Waals surface area contributed by atoms with Crippen molar-refractivity contribution in [1.82, 2.24) is 15.5 Å². The van der Waals surface area contributed by atoms with Crippen LogP contribution in [0.5, 0.6) is 11.5 Å². The number of carbonyl (C=O) groups excluding carboxylic acids is 3. The molecular formula is C25H31N3O5. The Morgan fingerprint density at radius 3 is 2.15 bits per heavy atom. The number of carbonyl (C=O) groups is 3. The molecule has 1 aliphatic rings. The van der Waals surface area contributed by atoms with Crippen LogP contribution in [0.25, 0.3) is 0 Å². The summed E-state index contributed by atoms with van der Waals surface area (Å²) in [5.41, 5.74) is 0.974. The SMILES string of the molecule is CCOc1cc(C(=O)NCCNC(=O)c2ccccc2)ccc1OCC(=O)N1CCCCC1. The minimum atomic E-state index is -0.291. The van der Waals surface area contributed by atoms with Crippen LogP contribution >= 0.6 is 0 Å². The third-order valence-corrected chi connectivity index (χ3v) is 5.30. The van der Waals surface area contributed by atoms with E-state index in [1.807, 2.05) is 17.9 Å². The molecule has 0 aromatic heterocycles. The van der Waals surface area contributed by atoms with Gasteiger partial charge in [-0.3, -0.25) is 14.4 Å². The first kappa shape index (κ1) is 24.1. The Labute approximate surface area is 194 Å². The second-order valence-corrected chi connectivity index (χ2v) is 7.70. The van der Waals surface area contributed by atoms with E-state index in [2.05, 4.69) is 10.6 Å². The number of nitrogens with zero attached hydrogens (tertiary/aromatic N) is 1. The van der Waals surface area contributed by atoms with Crippen molar-refractivity contribution >= 4 is 17.7 Å². The molecule has 3 amide bonds. The molecule has 1 fully saturated rings. The topological polar surface area (TPSA) is 97.0 Å². The van der Waals surface area contributed by atoms with Crippen LogP contribution in [0.15, 0.2) is 48.5 Å². The molecule has 1 heterocycles. The van der Waals surface area contributed by atoms with Gasteiger partial charge in [0.1, 0.15) is 0 Å². The van der Waals surface area contributed by atoms with Gasteiger partial charge in [0, 0.05) is 37.3 Å². The van der Waals surface area contributed by atoms with Gasteiger partial charge in [-0.2, -0.15) is 0 Å². The van der Waals surface area contributed by atoms with Gasteiger partial charge in [0.15, 0.2) is 18.1 Å². The standard InChI is InChI=1S/C25H31N3O5/c1-2-32-22-17-20(11-12-21(22)33-18-23(29)28-15-7-4-8-16-28)25(31)27-14-13-26-24(30)19-9-5-3-6-10-19/h3,5-6,9-12,17H,2,4,7-8,13-16,18H2,1H3,(H,26,30)(H,27,31). The lowest BCUT2D eigenvalue weighted by Gasteiger charge is -2.26. The zero-order valence-corrected chi connectivity index (χ0v) is 19.0. The first-order valence-corrected chi connectivity index (χ1v) is 11.4. The van der Waals surface area contributed by atoms with Crippen molar-refractivity contribution in [3.05, 3.63) is 59.7 Å². The third-order valence-electron chi connectivity index (χ3n) is 5.30. The van der Waals surface area contributed by atoms with Crippen LogP contribution < -0.4 is 20.1 Å². The maximum atomic E-state index is 12.5. The summed E-state index contributed by atoms with van der Waals surface area (Å²) in [6, 6.07) is 13.8. The number of rotatable bonds is 10. The molecule has 8 nitrogen and oxygen atoms in total. The van der Waals surface area contributed by atoms with Crippen molar-refractivity contribution in [3.63, 3.8) is 0 Å². The Hall–Kier alpha value is -3.55. The summed E-state index contributed by atoms with van der Waals surface area (Å²) >= 11 is 0. The largest absolute Gasteiger partial charge is 0.490 e. The highest BCUT2D eigenvalue weighted by Gasteiger charge is 2.18. The lowest BCUT2D eigenvalue weighted by molar-refractivity contribution is -0.134.